The normalized spacial score (nSPS) is 10.7. The van der Waals surface area contributed by atoms with E-state index < -0.39 is 48.4 Å². The minimum Gasteiger partial charge on any atom is -0.364 e. The number of urea groups is 1. The van der Waals surface area contributed by atoms with Gasteiger partial charge in [0.25, 0.3) is 5.91 Å². The van der Waals surface area contributed by atoms with Crippen LogP contribution in [0.15, 0.2) is 41.3 Å². The second-order valence-electron chi connectivity index (χ2n) is 5.93. The first-order valence-electron chi connectivity index (χ1n) is 8.83. The largest absolute Gasteiger partial charge is 0.364 e. The van der Waals surface area contributed by atoms with Crippen molar-refractivity contribution in [2.24, 2.45) is 0 Å². The zero-order valence-corrected chi connectivity index (χ0v) is 17.5. The summed E-state index contributed by atoms with van der Waals surface area (Å²) in [5.74, 6) is -3.76. The van der Waals surface area contributed by atoms with E-state index in [-0.39, 0.29) is 5.69 Å². The van der Waals surface area contributed by atoms with Gasteiger partial charge in [-0.15, -0.1) is 11.8 Å². The van der Waals surface area contributed by atoms with Crippen LogP contribution in [0.5, 0.6) is 0 Å². The lowest BCUT2D eigenvalue weighted by atomic mass is 10.2. The molecule has 0 aliphatic carbocycles. The highest BCUT2D eigenvalue weighted by atomic mass is 32.2. The van der Waals surface area contributed by atoms with Gasteiger partial charge in [0.2, 0.25) is 0 Å². The summed E-state index contributed by atoms with van der Waals surface area (Å²) in [6.45, 7) is 0.950. The van der Waals surface area contributed by atoms with Gasteiger partial charge in [-0.05, 0) is 36.1 Å². The van der Waals surface area contributed by atoms with Gasteiger partial charge in [0.15, 0.2) is 11.6 Å². The van der Waals surface area contributed by atoms with Crippen molar-refractivity contribution in [3.63, 3.8) is 0 Å². The molecule has 0 saturated carbocycles. The van der Waals surface area contributed by atoms with Crippen molar-refractivity contribution in [2.75, 3.05) is 38.3 Å². The second kappa shape index (κ2) is 11.0. The number of methoxy groups -OCH3 is 2. The summed E-state index contributed by atoms with van der Waals surface area (Å²) in [7, 11) is 2.50. The van der Waals surface area contributed by atoms with Gasteiger partial charge in [0.05, 0.1) is 11.3 Å². The number of carbonyl (C=O) groups is 2. The third-order valence-electron chi connectivity index (χ3n) is 3.93. The van der Waals surface area contributed by atoms with Crippen molar-refractivity contribution >= 4 is 29.4 Å². The Morgan fingerprint density at radius 3 is 2.30 bits per heavy atom. The predicted molar refractivity (Wildman–Crippen MR) is 107 cm³/mol. The molecule has 2 aromatic rings. The SMILES string of the molecule is CCSc1ccc(N(COC)C(=O)N(COC)C(=O)c2cccc(F)c2F)c(F)c1. The molecule has 6 nitrogen and oxygen atoms in total. The van der Waals surface area contributed by atoms with E-state index >= 15 is 0 Å². The van der Waals surface area contributed by atoms with Crippen molar-refractivity contribution in [3.05, 3.63) is 59.4 Å². The Hall–Kier alpha value is -2.56. The van der Waals surface area contributed by atoms with Gasteiger partial charge in [-0.25, -0.2) is 22.9 Å². The number of imide groups is 1. The zero-order valence-electron chi connectivity index (χ0n) is 16.7. The van der Waals surface area contributed by atoms with Gasteiger partial charge in [-0.2, -0.15) is 0 Å². The van der Waals surface area contributed by atoms with E-state index in [1.807, 2.05) is 6.92 Å². The van der Waals surface area contributed by atoms with E-state index in [1.165, 1.54) is 38.1 Å². The van der Waals surface area contributed by atoms with E-state index in [0.717, 1.165) is 28.9 Å². The summed E-state index contributed by atoms with van der Waals surface area (Å²) in [6, 6.07) is 6.25. The van der Waals surface area contributed by atoms with E-state index in [9.17, 15) is 22.8 Å². The van der Waals surface area contributed by atoms with Crippen molar-refractivity contribution in [2.45, 2.75) is 11.8 Å². The second-order valence-corrected chi connectivity index (χ2v) is 7.26. The Morgan fingerprint density at radius 2 is 1.70 bits per heavy atom. The highest BCUT2D eigenvalue weighted by Crippen LogP contribution is 2.27. The van der Waals surface area contributed by atoms with Crippen LogP contribution in [0.3, 0.4) is 0 Å². The molecule has 10 heteroatoms. The molecule has 0 fully saturated rings. The van der Waals surface area contributed by atoms with E-state index in [1.54, 1.807) is 6.07 Å². The third-order valence-corrected chi connectivity index (χ3v) is 4.80. The molecule has 2 rings (SSSR count). The van der Waals surface area contributed by atoms with Crippen LogP contribution in [-0.4, -0.2) is 50.3 Å². The highest BCUT2D eigenvalue weighted by molar-refractivity contribution is 7.99. The number of hydrogen-bond donors (Lipinski definition) is 0. The molecule has 0 bridgehead atoms. The van der Waals surface area contributed by atoms with Crippen LogP contribution in [0.1, 0.15) is 17.3 Å². The maximum Gasteiger partial charge on any atom is 0.335 e. The minimum absolute atomic E-state index is 0.143. The predicted octanol–water partition coefficient (Wildman–Crippen LogP) is 4.49. The smallest absolute Gasteiger partial charge is 0.335 e. The van der Waals surface area contributed by atoms with Crippen molar-refractivity contribution < 1.29 is 32.2 Å². The molecule has 2 aromatic carbocycles. The Kier molecular flexibility index (Phi) is 8.70. The molecule has 3 amide bonds. The van der Waals surface area contributed by atoms with Crippen molar-refractivity contribution in [1.82, 2.24) is 4.90 Å². The van der Waals surface area contributed by atoms with Crippen LogP contribution in [0.2, 0.25) is 0 Å². The third kappa shape index (κ3) is 5.32. The molecule has 0 spiro atoms. The molecule has 0 aromatic heterocycles. The number of halogens is 3. The Morgan fingerprint density at radius 1 is 1.00 bits per heavy atom. The topological polar surface area (TPSA) is 59.1 Å². The number of anilines is 1. The molecule has 0 N–H and O–H groups in total. The fourth-order valence-electron chi connectivity index (χ4n) is 2.61. The van der Waals surface area contributed by atoms with Crippen molar-refractivity contribution in [3.8, 4) is 0 Å². The molecule has 0 atom stereocenters. The van der Waals surface area contributed by atoms with Gasteiger partial charge in [-0.3, -0.25) is 9.69 Å². The Labute approximate surface area is 176 Å². The molecule has 0 radical (unpaired) electrons. The summed E-state index contributed by atoms with van der Waals surface area (Å²) in [5.41, 5.74) is -0.802. The number of nitrogens with zero attached hydrogens (tertiary/aromatic N) is 2. The number of rotatable bonds is 8. The highest BCUT2D eigenvalue weighted by Gasteiger charge is 2.31. The number of amides is 3. The van der Waals surface area contributed by atoms with Gasteiger partial charge in [-0.1, -0.05) is 13.0 Å². The Bertz CT molecular complexity index is 914. The number of thioether (sulfide) groups is 1. The molecule has 30 heavy (non-hydrogen) atoms. The molecular formula is C20H21F3N2O4S. The first-order valence-corrected chi connectivity index (χ1v) is 9.81. The minimum atomic E-state index is -1.40. The molecule has 162 valence electrons. The lowest BCUT2D eigenvalue weighted by molar-refractivity contribution is 0.0528. The number of hydrogen-bond acceptors (Lipinski definition) is 5. The van der Waals surface area contributed by atoms with Crippen LogP contribution in [0, 0.1) is 17.5 Å². The molecule has 0 unspecified atom stereocenters. The van der Waals surface area contributed by atoms with Crippen LogP contribution in [0.4, 0.5) is 23.7 Å². The van der Waals surface area contributed by atoms with Gasteiger partial charge in [0.1, 0.15) is 19.3 Å². The lowest BCUT2D eigenvalue weighted by Crippen LogP contribution is -2.48. The molecule has 0 aliphatic rings. The summed E-state index contributed by atoms with van der Waals surface area (Å²) in [4.78, 5) is 27.9. The van der Waals surface area contributed by atoms with Crippen molar-refractivity contribution in [1.29, 1.82) is 0 Å². The van der Waals surface area contributed by atoms with Crippen LogP contribution < -0.4 is 4.90 Å². The standard InChI is InChI=1S/C20H21F3N2O4S/c1-4-30-13-8-9-17(16(22)10-13)24(11-28-2)20(27)25(12-29-3)19(26)14-6-5-7-15(21)18(14)23/h5-10H,4,11-12H2,1-3H3. The summed E-state index contributed by atoms with van der Waals surface area (Å²) < 4.78 is 52.2. The van der Waals surface area contributed by atoms with Crippen LogP contribution in [-0.2, 0) is 9.47 Å². The zero-order chi connectivity index (χ0) is 22.3. The molecule has 0 aliphatic heterocycles. The summed E-state index contributed by atoms with van der Waals surface area (Å²) in [6.07, 6.45) is 0. The maximum absolute atomic E-state index is 14.7. The Balaban J connectivity index is 2.43. The number of benzene rings is 2. The lowest BCUT2D eigenvalue weighted by Gasteiger charge is -2.29. The first kappa shape index (κ1) is 23.7. The molecule has 0 heterocycles. The van der Waals surface area contributed by atoms with Crippen LogP contribution in [0.25, 0.3) is 0 Å². The average Bonchev–Trinajstić information content (AvgIpc) is 2.72. The summed E-state index contributed by atoms with van der Waals surface area (Å²) in [5, 5.41) is 0. The van der Waals surface area contributed by atoms with Crippen LogP contribution >= 0.6 is 11.8 Å². The van der Waals surface area contributed by atoms with Gasteiger partial charge < -0.3 is 9.47 Å². The maximum atomic E-state index is 14.7. The number of carbonyl (C=O) groups excluding carboxylic acids is 2. The quantitative estimate of drug-likeness (QED) is 0.445. The fraction of sp³-hybridized carbons (Fsp3) is 0.300. The first-order chi connectivity index (χ1) is 14.3. The van der Waals surface area contributed by atoms with E-state index in [0.29, 0.717) is 9.80 Å². The number of ether oxygens (including phenoxy) is 2. The van der Waals surface area contributed by atoms with Gasteiger partial charge >= 0.3 is 6.03 Å². The van der Waals surface area contributed by atoms with Gasteiger partial charge in [0, 0.05) is 19.1 Å². The fourth-order valence-corrected chi connectivity index (χ4v) is 3.29. The molecular weight excluding hydrogens is 421 g/mol. The summed E-state index contributed by atoms with van der Waals surface area (Å²) >= 11 is 1.41. The average molecular weight is 442 g/mol. The molecule has 0 saturated heterocycles. The van der Waals surface area contributed by atoms with E-state index in [4.69, 9.17) is 9.47 Å². The monoisotopic (exact) mass is 442 g/mol. The van der Waals surface area contributed by atoms with E-state index in [2.05, 4.69) is 0 Å².